The third kappa shape index (κ3) is 3.20. The van der Waals surface area contributed by atoms with E-state index < -0.39 is 10.0 Å². The molecule has 18 heavy (non-hydrogen) atoms. The zero-order chi connectivity index (χ0) is 13.3. The number of sulfonamides is 1. The molecule has 2 rings (SSSR count). The molecule has 0 radical (unpaired) electrons. The quantitative estimate of drug-likeness (QED) is 0.824. The van der Waals surface area contributed by atoms with Crippen molar-refractivity contribution in [3.05, 3.63) is 27.7 Å². The van der Waals surface area contributed by atoms with Crippen molar-refractivity contribution in [2.75, 3.05) is 0 Å². The van der Waals surface area contributed by atoms with Gasteiger partial charge in [-0.05, 0) is 47.0 Å². The minimum absolute atomic E-state index is 0.129. The molecule has 0 aliphatic heterocycles. The molecule has 0 bridgehead atoms. The highest BCUT2D eigenvalue weighted by Gasteiger charge is 2.29. The summed E-state index contributed by atoms with van der Waals surface area (Å²) < 4.78 is 27.5. The Morgan fingerprint density at radius 2 is 2.06 bits per heavy atom. The summed E-state index contributed by atoms with van der Waals surface area (Å²) in [6, 6.07) is 4.33. The van der Waals surface area contributed by atoms with Crippen molar-refractivity contribution >= 4 is 49.2 Å². The van der Waals surface area contributed by atoms with Gasteiger partial charge in [-0.3, -0.25) is 0 Å². The lowest BCUT2D eigenvalue weighted by Gasteiger charge is -2.16. The summed E-state index contributed by atoms with van der Waals surface area (Å²) in [6.07, 6.45) is 2.58. The van der Waals surface area contributed by atoms with E-state index in [2.05, 4.69) is 20.7 Å². The summed E-state index contributed by atoms with van der Waals surface area (Å²) in [5.41, 5.74) is 0. The van der Waals surface area contributed by atoms with Gasteiger partial charge in [0, 0.05) is 15.9 Å². The smallest absolute Gasteiger partial charge is 0.207 e. The molecule has 0 saturated heterocycles. The molecule has 0 amide bonds. The molecule has 3 nitrogen and oxygen atoms in total. The zero-order valence-corrected chi connectivity index (χ0v) is 13.3. The van der Waals surface area contributed by atoms with E-state index in [4.69, 9.17) is 23.2 Å². The standard InChI is InChI=1S/C11H12BrCl2NO2S/c12-8-6-7(4-5-9(8)13)18(16,17)15-11-3-1-2-10(11)14/h4-6,10-11,15H,1-3H2. The van der Waals surface area contributed by atoms with Gasteiger partial charge in [-0.25, -0.2) is 13.1 Å². The lowest BCUT2D eigenvalue weighted by molar-refractivity contribution is 0.554. The van der Waals surface area contributed by atoms with Crippen LogP contribution in [0.4, 0.5) is 0 Å². The SMILES string of the molecule is O=S(=O)(NC1CCCC1Cl)c1ccc(Cl)c(Br)c1. The molecule has 1 fully saturated rings. The Balaban J connectivity index is 2.22. The molecule has 2 atom stereocenters. The number of hydrogen-bond acceptors (Lipinski definition) is 2. The van der Waals surface area contributed by atoms with E-state index in [1.807, 2.05) is 0 Å². The first kappa shape index (κ1) is 14.6. The van der Waals surface area contributed by atoms with Crippen LogP contribution in [0, 0.1) is 0 Å². The normalized spacial score (nSPS) is 24.4. The minimum atomic E-state index is -3.54. The van der Waals surface area contributed by atoms with Gasteiger partial charge in [-0.1, -0.05) is 18.0 Å². The van der Waals surface area contributed by atoms with Gasteiger partial charge in [0.2, 0.25) is 10.0 Å². The molecule has 7 heteroatoms. The lowest BCUT2D eigenvalue weighted by Crippen LogP contribution is -2.37. The molecule has 1 aromatic carbocycles. The van der Waals surface area contributed by atoms with Crippen LogP contribution in [0.1, 0.15) is 19.3 Å². The number of rotatable bonds is 3. The molecule has 100 valence electrons. The lowest BCUT2D eigenvalue weighted by atomic mass is 10.3. The molecule has 1 aliphatic rings. The fraction of sp³-hybridized carbons (Fsp3) is 0.455. The third-order valence-electron chi connectivity index (χ3n) is 2.94. The van der Waals surface area contributed by atoms with Crippen LogP contribution < -0.4 is 4.72 Å². The van der Waals surface area contributed by atoms with Crippen LogP contribution in [-0.2, 0) is 10.0 Å². The molecule has 0 heterocycles. The zero-order valence-electron chi connectivity index (χ0n) is 9.37. The molecule has 1 aliphatic carbocycles. The van der Waals surface area contributed by atoms with Crippen LogP contribution in [0.15, 0.2) is 27.6 Å². The van der Waals surface area contributed by atoms with Gasteiger partial charge in [-0.15, -0.1) is 11.6 Å². The fourth-order valence-corrected chi connectivity index (χ4v) is 4.36. The Labute approximate surface area is 125 Å². The number of hydrogen-bond donors (Lipinski definition) is 1. The second-order valence-corrected chi connectivity index (χ2v) is 7.79. The van der Waals surface area contributed by atoms with Crippen LogP contribution in [0.25, 0.3) is 0 Å². The first-order chi connectivity index (χ1) is 8.40. The summed E-state index contributed by atoms with van der Waals surface area (Å²) in [5.74, 6) is 0. The topological polar surface area (TPSA) is 46.2 Å². The second-order valence-electron chi connectivity index (χ2n) is 4.25. The monoisotopic (exact) mass is 371 g/mol. The van der Waals surface area contributed by atoms with Crippen LogP contribution in [0.3, 0.4) is 0 Å². The van der Waals surface area contributed by atoms with E-state index in [9.17, 15) is 8.42 Å². The summed E-state index contributed by atoms with van der Waals surface area (Å²) in [7, 11) is -3.54. The first-order valence-corrected chi connectivity index (χ1v) is 8.60. The molecule has 1 aromatic rings. The van der Waals surface area contributed by atoms with Gasteiger partial charge in [0.15, 0.2) is 0 Å². The minimum Gasteiger partial charge on any atom is -0.207 e. The van der Waals surface area contributed by atoms with Gasteiger partial charge in [-0.2, -0.15) is 0 Å². The number of alkyl halides is 1. The number of nitrogens with one attached hydrogen (secondary N) is 1. The molecular formula is C11H12BrCl2NO2S. The largest absolute Gasteiger partial charge is 0.240 e. The van der Waals surface area contributed by atoms with Crippen molar-refractivity contribution in [3.63, 3.8) is 0 Å². The Bertz CT molecular complexity index is 550. The average Bonchev–Trinajstić information content (AvgIpc) is 2.67. The van der Waals surface area contributed by atoms with E-state index in [0.717, 1.165) is 19.3 Å². The van der Waals surface area contributed by atoms with Crippen LogP contribution in [-0.4, -0.2) is 19.8 Å². The highest BCUT2D eigenvalue weighted by Crippen LogP contribution is 2.28. The second kappa shape index (κ2) is 5.67. The molecular weight excluding hydrogens is 361 g/mol. The maximum absolute atomic E-state index is 12.2. The van der Waals surface area contributed by atoms with Crippen molar-refractivity contribution in [1.82, 2.24) is 4.72 Å². The van der Waals surface area contributed by atoms with Crippen LogP contribution >= 0.6 is 39.1 Å². The number of halogens is 3. The van der Waals surface area contributed by atoms with Crippen molar-refractivity contribution < 1.29 is 8.42 Å². The summed E-state index contributed by atoms with van der Waals surface area (Å²) in [4.78, 5) is 0.189. The molecule has 0 spiro atoms. The van der Waals surface area contributed by atoms with Crippen molar-refractivity contribution in [1.29, 1.82) is 0 Å². The predicted octanol–water partition coefficient (Wildman–Crippen LogP) is 3.54. The maximum Gasteiger partial charge on any atom is 0.240 e. The van der Waals surface area contributed by atoms with Gasteiger partial charge in [0.05, 0.1) is 9.92 Å². The van der Waals surface area contributed by atoms with Gasteiger partial charge in [0.1, 0.15) is 0 Å². The molecule has 1 saturated carbocycles. The highest BCUT2D eigenvalue weighted by molar-refractivity contribution is 9.10. The van der Waals surface area contributed by atoms with Gasteiger partial charge < -0.3 is 0 Å². The Morgan fingerprint density at radius 3 is 2.61 bits per heavy atom. The summed E-state index contributed by atoms with van der Waals surface area (Å²) in [5, 5.41) is 0.348. The van der Waals surface area contributed by atoms with Gasteiger partial charge >= 0.3 is 0 Å². The van der Waals surface area contributed by atoms with Crippen LogP contribution in [0.2, 0.25) is 5.02 Å². The van der Waals surface area contributed by atoms with Crippen molar-refractivity contribution in [2.24, 2.45) is 0 Å². The van der Waals surface area contributed by atoms with E-state index in [0.29, 0.717) is 9.50 Å². The Hall–Kier alpha value is 0.190. The van der Waals surface area contributed by atoms with Crippen molar-refractivity contribution in [2.45, 2.75) is 35.6 Å². The Kier molecular flexibility index (Phi) is 4.60. The Morgan fingerprint density at radius 1 is 1.33 bits per heavy atom. The number of benzene rings is 1. The van der Waals surface area contributed by atoms with Crippen LogP contribution in [0.5, 0.6) is 0 Å². The van der Waals surface area contributed by atoms with Crippen molar-refractivity contribution in [3.8, 4) is 0 Å². The molecule has 0 aromatic heterocycles. The predicted molar refractivity (Wildman–Crippen MR) is 76.8 cm³/mol. The van der Waals surface area contributed by atoms with E-state index >= 15 is 0 Å². The summed E-state index contributed by atoms with van der Waals surface area (Å²) in [6.45, 7) is 0. The van der Waals surface area contributed by atoms with E-state index in [1.165, 1.54) is 12.1 Å². The van der Waals surface area contributed by atoms with Gasteiger partial charge in [0.25, 0.3) is 0 Å². The third-order valence-corrected chi connectivity index (χ3v) is 6.16. The fourth-order valence-electron chi connectivity index (χ4n) is 1.96. The average molecular weight is 373 g/mol. The summed E-state index contributed by atoms with van der Waals surface area (Å²) >= 11 is 15.1. The molecule has 1 N–H and O–H groups in total. The first-order valence-electron chi connectivity index (χ1n) is 5.51. The van der Waals surface area contributed by atoms with E-state index in [-0.39, 0.29) is 16.3 Å². The maximum atomic E-state index is 12.2. The molecule has 2 unspecified atom stereocenters. The highest BCUT2D eigenvalue weighted by atomic mass is 79.9. The van der Waals surface area contributed by atoms with E-state index in [1.54, 1.807) is 6.07 Å².